The second-order valence-corrected chi connectivity index (χ2v) is 8.63. The Morgan fingerprint density at radius 3 is 2.38 bits per heavy atom. The van der Waals surface area contributed by atoms with Gasteiger partial charge in [0.05, 0.1) is 10.6 Å². The highest BCUT2D eigenvalue weighted by molar-refractivity contribution is 7.11. The molecule has 1 amide bonds. The van der Waals surface area contributed by atoms with Crippen molar-refractivity contribution in [2.75, 3.05) is 31.1 Å². The molecule has 166 valence electrons. The van der Waals surface area contributed by atoms with Crippen LogP contribution in [0.5, 0.6) is 0 Å². The molecule has 0 atom stereocenters. The van der Waals surface area contributed by atoms with Crippen LogP contribution in [0.2, 0.25) is 5.02 Å². The van der Waals surface area contributed by atoms with Crippen LogP contribution in [0.4, 0.5) is 19.0 Å². The van der Waals surface area contributed by atoms with Crippen molar-refractivity contribution in [2.24, 2.45) is 0 Å². The van der Waals surface area contributed by atoms with Crippen LogP contribution in [-0.4, -0.2) is 42.0 Å². The summed E-state index contributed by atoms with van der Waals surface area (Å²) >= 11 is 7.64. The lowest BCUT2D eigenvalue weighted by Crippen LogP contribution is -2.49. The average molecular weight is 478 g/mol. The summed E-state index contributed by atoms with van der Waals surface area (Å²) in [6, 6.07) is 14.3. The number of nitrogens with zero attached hydrogens (tertiary/aromatic N) is 3. The van der Waals surface area contributed by atoms with Gasteiger partial charge in [0.1, 0.15) is 5.82 Å². The van der Waals surface area contributed by atoms with Gasteiger partial charge in [-0.15, -0.1) is 11.3 Å². The van der Waals surface area contributed by atoms with Crippen LogP contribution < -0.4 is 4.90 Å². The molecule has 32 heavy (non-hydrogen) atoms. The average Bonchev–Trinajstić information content (AvgIpc) is 3.30. The molecular formula is C23H19ClF3N3OS. The highest BCUT2D eigenvalue weighted by Crippen LogP contribution is 2.34. The Kier molecular flexibility index (Phi) is 6.53. The van der Waals surface area contributed by atoms with E-state index in [1.165, 1.54) is 0 Å². The lowest BCUT2D eigenvalue weighted by Gasteiger charge is -2.36. The number of carbonyl (C=O) groups is 1. The first-order valence-corrected chi connectivity index (χ1v) is 11.2. The van der Waals surface area contributed by atoms with E-state index in [0.717, 1.165) is 22.7 Å². The Labute approximate surface area is 192 Å². The number of anilines is 1. The fourth-order valence-corrected chi connectivity index (χ4v) is 4.46. The van der Waals surface area contributed by atoms with Gasteiger partial charge in [-0.05, 0) is 29.2 Å². The van der Waals surface area contributed by atoms with Crippen LogP contribution in [0.1, 0.15) is 16.0 Å². The van der Waals surface area contributed by atoms with Crippen LogP contribution in [0.15, 0.2) is 60.1 Å². The zero-order valence-corrected chi connectivity index (χ0v) is 18.4. The number of rotatable bonds is 4. The summed E-state index contributed by atoms with van der Waals surface area (Å²) in [5.41, 5.74) is 0.555. The molecule has 0 N–H and O–H groups in total. The standard InChI is InChI=1S/C23H19ClF3N3OS/c24-20-13-17(23(25,26)27)15-28-21(20)29-8-10-30(11-9-29)22(31)19(14-18-7-4-12-32-18)16-5-2-1-3-6-16/h1-7,12-15H,8-11H2. The molecule has 1 aliphatic heterocycles. The van der Waals surface area contributed by atoms with Gasteiger partial charge in [-0.3, -0.25) is 4.79 Å². The molecule has 0 unspecified atom stereocenters. The monoisotopic (exact) mass is 477 g/mol. The van der Waals surface area contributed by atoms with Crippen molar-refractivity contribution in [1.29, 1.82) is 0 Å². The Bertz CT molecular complexity index is 1110. The summed E-state index contributed by atoms with van der Waals surface area (Å²) in [5.74, 6) is 0.208. The van der Waals surface area contributed by atoms with Gasteiger partial charge in [0.15, 0.2) is 0 Å². The molecule has 0 bridgehead atoms. The smallest absolute Gasteiger partial charge is 0.352 e. The zero-order chi connectivity index (χ0) is 22.7. The summed E-state index contributed by atoms with van der Waals surface area (Å²) in [6.07, 6.45) is -1.82. The molecule has 3 aromatic rings. The number of amides is 1. The summed E-state index contributed by atoms with van der Waals surface area (Å²) < 4.78 is 38.6. The van der Waals surface area contributed by atoms with Crippen molar-refractivity contribution < 1.29 is 18.0 Å². The maximum atomic E-state index is 13.4. The van der Waals surface area contributed by atoms with Gasteiger partial charge in [-0.25, -0.2) is 4.98 Å². The van der Waals surface area contributed by atoms with Crippen molar-refractivity contribution in [3.05, 3.63) is 81.1 Å². The van der Waals surface area contributed by atoms with Crippen LogP contribution >= 0.6 is 22.9 Å². The predicted molar refractivity (Wildman–Crippen MR) is 122 cm³/mol. The van der Waals surface area contributed by atoms with Gasteiger partial charge in [-0.1, -0.05) is 48.0 Å². The zero-order valence-electron chi connectivity index (χ0n) is 16.8. The SMILES string of the molecule is O=C(C(=Cc1cccs1)c1ccccc1)N1CCN(c2ncc(C(F)(F)F)cc2Cl)CC1. The minimum atomic E-state index is -4.50. The first kappa shape index (κ1) is 22.4. The van der Waals surface area contributed by atoms with Gasteiger partial charge in [0.2, 0.25) is 0 Å². The number of piperazine rings is 1. The highest BCUT2D eigenvalue weighted by atomic mass is 35.5. The largest absolute Gasteiger partial charge is 0.417 e. The van der Waals surface area contributed by atoms with E-state index < -0.39 is 11.7 Å². The van der Waals surface area contributed by atoms with E-state index in [-0.39, 0.29) is 10.9 Å². The number of alkyl halides is 3. The lowest BCUT2D eigenvalue weighted by molar-refractivity contribution is -0.137. The predicted octanol–water partition coefficient (Wildman–Crippen LogP) is 5.70. The topological polar surface area (TPSA) is 36.4 Å². The fourth-order valence-electron chi connectivity index (χ4n) is 3.51. The Morgan fingerprint density at radius 1 is 1.06 bits per heavy atom. The number of aromatic nitrogens is 1. The maximum absolute atomic E-state index is 13.4. The van der Waals surface area contributed by atoms with Gasteiger partial charge in [-0.2, -0.15) is 13.2 Å². The van der Waals surface area contributed by atoms with E-state index in [9.17, 15) is 18.0 Å². The Hall–Kier alpha value is -2.84. The highest BCUT2D eigenvalue weighted by Gasteiger charge is 2.32. The van der Waals surface area contributed by atoms with Crippen LogP contribution in [-0.2, 0) is 11.0 Å². The number of carbonyl (C=O) groups excluding carboxylic acids is 1. The molecule has 2 aromatic heterocycles. The minimum absolute atomic E-state index is 0.0535. The first-order chi connectivity index (χ1) is 15.3. The van der Waals surface area contributed by atoms with Crippen LogP contribution in [0, 0.1) is 0 Å². The quantitative estimate of drug-likeness (QED) is 0.452. The molecular weight excluding hydrogens is 459 g/mol. The fraction of sp³-hybridized carbons (Fsp3) is 0.217. The van der Waals surface area contributed by atoms with Crippen molar-refractivity contribution in [3.63, 3.8) is 0 Å². The summed E-state index contributed by atoms with van der Waals surface area (Å²) in [7, 11) is 0. The van der Waals surface area contributed by atoms with E-state index in [1.807, 2.05) is 53.9 Å². The Morgan fingerprint density at radius 2 is 1.78 bits per heavy atom. The lowest BCUT2D eigenvalue weighted by atomic mass is 10.0. The van der Waals surface area contributed by atoms with Crippen LogP contribution in [0.3, 0.4) is 0 Å². The molecule has 0 spiro atoms. The van der Waals surface area contributed by atoms with Crippen LogP contribution in [0.25, 0.3) is 11.6 Å². The van der Waals surface area contributed by atoms with E-state index in [1.54, 1.807) is 21.1 Å². The molecule has 3 heterocycles. The molecule has 1 saturated heterocycles. The van der Waals surface area contributed by atoms with E-state index in [2.05, 4.69) is 4.98 Å². The summed E-state index contributed by atoms with van der Waals surface area (Å²) in [4.78, 5) is 21.8. The number of halogens is 4. The van der Waals surface area contributed by atoms with E-state index in [0.29, 0.717) is 37.6 Å². The van der Waals surface area contributed by atoms with Crippen molar-refractivity contribution in [1.82, 2.24) is 9.88 Å². The molecule has 1 aromatic carbocycles. The number of hydrogen-bond acceptors (Lipinski definition) is 4. The molecule has 1 aliphatic rings. The van der Waals surface area contributed by atoms with Crippen molar-refractivity contribution >= 4 is 46.3 Å². The number of pyridine rings is 1. The molecule has 4 nitrogen and oxygen atoms in total. The summed E-state index contributed by atoms with van der Waals surface area (Å²) in [5, 5.41) is 1.90. The minimum Gasteiger partial charge on any atom is -0.352 e. The normalized spacial score (nSPS) is 15.2. The van der Waals surface area contributed by atoms with Crippen molar-refractivity contribution in [3.8, 4) is 0 Å². The van der Waals surface area contributed by atoms with Gasteiger partial charge < -0.3 is 9.80 Å². The van der Waals surface area contributed by atoms with E-state index >= 15 is 0 Å². The first-order valence-electron chi connectivity index (χ1n) is 9.90. The third-order valence-electron chi connectivity index (χ3n) is 5.16. The molecule has 0 aliphatic carbocycles. The number of hydrogen-bond donors (Lipinski definition) is 0. The molecule has 4 rings (SSSR count). The van der Waals surface area contributed by atoms with E-state index in [4.69, 9.17) is 11.6 Å². The third-order valence-corrected chi connectivity index (χ3v) is 6.26. The maximum Gasteiger partial charge on any atom is 0.417 e. The summed E-state index contributed by atoms with van der Waals surface area (Å²) in [6.45, 7) is 1.66. The van der Waals surface area contributed by atoms with Crippen molar-refractivity contribution in [2.45, 2.75) is 6.18 Å². The van der Waals surface area contributed by atoms with Gasteiger partial charge >= 0.3 is 6.18 Å². The molecule has 9 heteroatoms. The van der Waals surface area contributed by atoms with Gasteiger partial charge in [0.25, 0.3) is 5.91 Å². The van der Waals surface area contributed by atoms with Gasteiger partial charge in [0, 0.05) is 42.8 Å². The molecule has 1 fully saturated rings. The number of thiophene rings is 1. The Balaban J connectivity index is 1.50. The molecule has 0 saturated carbocycles. The third kappa shape index (κ3) is 4.97. The molecule has 0 radical (unpaired) electrons. The second-order valence-electron chi connectivity index (χ2n) is 7.25. The second kappa shape index (κ2) is 9.34. The number of benzene rings is 1.